The minimum atomic E-state index is -0.285. The van der Waals surface area contributed by atoms with E-state index in [1.807, 2.05) is 0 Å². The minimum Gasteiger partial charge on any atom is -0.325 e. The summed E-state index contributed by atoms with van der Waals surface area (Å²) in [6, 6.07) is 13.0. The maximum absolute atomic E-state index is 12.7. The van der Waals surface area contributed by atoms with Crippen molar-refractivity contribution in [3.63, 3.8) is 0 Å². The number of carbonyl (C=O) groups is 1. The molecule has 0 saturated heterocycles. The highest BCUT2D eigenvalue weighted by molar-refractivity contribution is 8.00. The quantitative estimate of drug-likeness (QED) is 0.856. The van der Waals surface area contributed by atoms with Gasteiger partial charge in [-0.2, -0.15) is 0 Å². The Labute approximate surface area is 120 Å². The summed E-state index contributed by atoms with van der Waals surface area (Å²) in [5, 5.41) is 3.32. The van der Waals surface area contributed by atoms with Crippen LogP contribution in [0, 0.1) is 5.82 Å². The van der Waals surface area contributed by atoms with Gasteiger partial charge in [-0.3, -0.25) is 4.79 Å². The predicted molar refractivity (Wildman–Crippen MR) is 77.2 cm³/mol. The lowest BCUT2D eigenvalue weighted by molar-refractivity contribution is -0.113. The van der Waals surface area contributed by atoms with Crippen molar-refractivity contribution < 1.29 is 9.18 Å². The van der Waals surface area contributed by atoms with Crippen LogP contribution >= 0.6 is 23.4 Å². The maximum Gasteiger partial charge on any atom is 0.234 e. The van der Waals surface area contributed by atoms with Gasteiger partial charge in [0.2, 0.25) is 5.91 Å². The summed E-state index contributed by atoms with van der Waals surface area (Å²) in [5.41, 5.74) is 0.664. The third-order valence-electron chi connectivity index (χ3n) is 2.29. The van der Waals surface area contributed by atoms with Crippen molar-refractivity contribution in [2.75, 3.05) is 11.1 Å². The molecule has 2 aromatic carbocycles. The van der Waals surface area contributed by atoms with Crippen LogP contribution in [0.2, 0.25) is 5.02 Å². The Balaban J connectivity index is 1.86. The fourth-order valence-corrected chi connectivity index (χ4v) is 2.33. The zero-order chi connectivity index (χ0) is 13.7. The molecular formula is C14H11ClFNOS. The van der Waals surface area contributed by atoms with Crippen LogP contribution in [0.3, 0.4) is 0 Å². The van der Waals surface area contributed by atoms with Crippen LogP contribution in [0.5, 0.6) is 0 Å². The molecule has 0 aromatic heterocycles. The molecule has 2 nitrogen and oxygen atoms in total. The standard InChI is InChI=1S/C14H11ClFNOS/c15-10-2-1-3-12(8-10)17-14(18)9-19-13-6-4-11(16)5-7-13/h1-8H,9H2,(H,17,18). The van der Waals surface area contributed by atoms with E-state index < -0.39 is 0 Å². The zero-order valence-electron chi connectivity index (χ0n) is 9.90. The van der Waals surface area contributed by atoms with Crippen molar-refractivity contribution >= 4 is 35.0 Å². The van der Waals surface area contributed by atoms with Gasteiger partial charge < -0.3 is 5.32 Å². The van der Waals surface area contributed by atoms with Crippen LogP contribution in [0.15, 0.2) is 53.4 Å². The molecule has 19 heavy (non-hydrogen) atoms. The first-order valence-corrected chi connectivity index (χ1v) is 6.93. The number of amides is 1. The summed E-state index contributed by atoms with van der Waals surface area (Å²) < 4.78 is 12.7. The third-order valence-corrected chi connectivity index (χ3v) is 3.54. The first-order valence-electron chi connectivity index (χ1n) is 5.57. The van der Waals surface area contributed by atoms with Gasteiger partial charge in [-0.15, -0.1) is 11.8 Å². The molecule has 0 unspecified atom stereocenters. The lowest BCUT2D eigenvalue weighted by Crippen LogP contribution is -2.13. The van der Waals surface area contributed by atoms with E-state index >= 15 is 0 Å². The summed E-state index contributed by atoms with van der Waals surface area (Å²) in [4.78, 5) is 12.6. The molecule has 0 atom stereocenters. The molecule has 0 bridgehead atoms. The monoisotopic (exact) mass is 295 g/mol. The van der Waals surface area contributed by atoms with Gasteiger partial charge in [-0.25, -0.2) is 4.39 Å². The Hall–Kier alpha value is -1.52. The molecule has 0 aliphatic carbocycles. The van der Waals surface area contributed by atoms with Crippen LogP contribution in [0.25, 0.3) is 0 Å². The van der Waals surface area contributed by atoms with Crippen molar-refractivity contribution in [3.05, 3.63) is 59.4 Å². The fraction of sp³-hybridized carbons (Fsp3) is 0.0714. The molecule has 2 rings (SSSR count). The van der Waals surface area contributed by atoms with Gasteiger partial charge in [-0.1, -0.05) is 17.7 Å². The summed E-state index contributed by atoms with van der Waals surface area (Å²) in [7, 11) is 0. The van der Waals surface area contributed by atoms with E-state index in [0.717, 1.165) is 4.90 Å². The van der Waals surface area contributed by atoms with E-state index in [4.69, 9.17) is 11.6 Å². The number of anilines is 1. The van der Waals surface area contributed by atoms with Crippen molar-refractivity contribution in [1.29, 1.82) is 0 Å². The van der Waals surface area contributed by atoms with E-state index in [-0.39, 0.29) is 17.5 Å². The number of hydrogen-bond acceptors (Lipinski definition) is 2. The lowest BCUT2D eigenvalue weighted by Gasteiger charge is -2.05. The summed E-state index contributed by atoms with van der Waals surface area (Å²) in [6.45, 7) is 0. The molecule has 0 aliphatic heterocycles. The second-order valence-electron chi connectivity index (χ2n) is 3.80. The number of thioether (sulfide) groups is 1. The van der Waals surface area contributed by atoms with Crippen LogP contribution < -0.4 is 5.32 Å². The van der Waals surface area contributed by atoms with E-state index in [1.54, 1.807) is 36.4 Å². The van der Waals surface area contributed by atoms with E-state index in [9.17, 15) is 9.18 Å². The number of benzene rings is 2. The lowest BCUT2D eigenvalue weighted by atomic mass is 10.3. The number of nitrogens with one attached hydrogen (secondary N) is 1. The number of hydrogen-bond donors (Lipinski definition) is 1. The smallest absolute Gasteiger partial charge is 0.234 e. The Morgan fingerprint density at radius 2 is 1.95 bits per heavy atom. The van der Waals surface area contributed by atoms with Crippen molar-refractivity contribution in [2.24, 2.45) is 0 Å². The predicted octanol–water partition coefficient (Wildman–Crippen LogP) is 4.21. The Morgan fingerprint density at radius 3 is 2.63 bits per heavy atom. The molecule has 0 fully saturated rings. The van der Waals surface area contributed by atoms with Crippen molar-refractivity contribution in [2.45, 2.75) is 4.90 Å². The van der Waals surface area contributed by atoms with Crippen LogP contribution in [-0.4, -0.2) is 11.7 Å². The van der Waals surface area contributed by atoms with E-state index in [0.29, 0.717) is 10.7 Å². The van der Waals surface area contributed by atoms with Gasteiger partial charge in [0.05, 0.1) is 5.75 Å². The van der Waals surface area contributed by atoms with Crippen molar-refractivity contribution in [1.82, 2.24) is 0 Å². The highest BCUT2D eigenvalue weighted by atomic mass is 35.5. The average Bonchev–Trinajstić information content (AvgIpc) is 2.38. The second-order valence-corrected chi connectivity index (χ2v) is 5.29. The van der Waals surface area contributed by atoms with Gasteiger partial charge in [0.1, 0.15) is 5.82 Å². The van der Waals surface area contributed by atoms with Crippen LogP contribution in [0.4, 0.5) is 10.1 Å². The molecule has 0 spiro atoms. The average molecular weight is 296 g/mol. The van der Waals surface area contributed by atoms with Gasteiger partial charge in [-0.05, 0) is 42.5 Å². The maximum atomic E-state index is 12.7. The summed E-state index contributed by atoms with van der Waals surface area (Å²) in [6.07, 6.45) is 0. The third kappa shape index (κ3) is 4.58. The van der Waals surface area contributed by atoms with E-state index in [1.165, 1.54) is 23.9 Å². The minimum absolute atomic E-state index is 0.128. The fourth-order valence-electron chi connectivity index (χ4n) is 1.44. The molecule has 0 aliphatic rings. The molecular weight excluding hydrogens is 285 g/mol. The Bertz CT molecular complexity index is 574. The van der Waals surface area contributed by atoms with Gasteiger partial charge >= 0.3 is 0 Å². The number of rotatable bonds is 4. The molecule has 0 radical (unpaired) electrons. The normalized spacial score (nSPS) is 10.2. The largest absolute Gasteiger partial charge is 0.325 e. The first-order chi connectivity index (χ1) is 9.13. The highest BCUT2D eigenvalue weighted by Crippen LogP contribution is 2.19. The van der Waals surface area contributed by atoms with Crippen LogP contribution in [0.1, 0.15) is 0 Å². The molecule has 5 heteroatoms. The van der Waals surface area contributed by atoms with Gasteiger partial charge in [0.15, 0.2) is 0 Å². The van der Waals surface area contributed by atoms with E-state index in [2.05, 4.69) is 5.32 Å². The summed E-state index contributed by atoms with van der Waals surface area (Å²) >= 11 is 7.17. The first kappa shape index (κ1) is 13.9. The van der Waals surface area contributed by atoms with Crippen molar-refractivity contribution in [3.8, 4) is 0 Å². The highest BCUT2D eigenvalue weighted by Gasteiger charge is 2.04. The Kier molecular flexibility index (Phi) is 4.82. The van der Waals surface area contributed by atoms with Gasteiger partial charge in [0.25, 0.3) is 0 Å². The topological polar surface area (TPSA) is 29.1 Å². The number of carbonyl (C=O) groups excluding carboxylic acids is 1. The molecule has 1 amide bonds. The van der Waals surface area contributed by atoms with Crippen LogP contribution in [-0.2, 0) is 4.79 Å². The molecule has 1 N–H and O–H groups in total. The molecule has 2 aromatic rings. The molecule has 0 heterocycles. The SMILES string of the molecule is O=C(CSc1ccc(F)cc1)Nc1cccc(Cl)c1. The Morgan fingerprint density at radius 1 is 1.21 bits per heavy atom. The summed E-state index contributed by atoms with van der Waals surface area (Å²) in [5.74, 6) is -0.151. The number of halogens is 2. The zero-order valence-corrected chi connectivity index (χ0v) is 11.5. The second kappa shape index (κ2) is 6.59. The van der Waals surface area contributed by atoms with Gasteiger partial charge in [0, 0.05) is 15.6 Å². The molecule has 0 saturated carbocycles. The molecule has 98 valence electrons.